The molecule has 0 saturated heterocycles. The van der Waals surface area contributed by atoms with E-state index in [9.17, 15) is 4.79 Å². The first-order valence-electron chi connectivity index (χ1n) is 5.91. The third-order valence-corrected chi connectivity index (χ3v) is 3.77. The van der Waals surface area contributed by atoms with Gasteiger partial charge in [0.15, 0.2) is 0 Å². The summed E-state index contributed by atoms with van der Waals surface area (Å²) < 4.78 is 0. The van der Waals surface area contributed by atoms with Gasteiger partial charge in [-0.05, 0) is 13.8 Å². The molecule has 19 heavy (non-hydrogen) atoms. The molecule has 102 valence electrons. The minimum atomic E-state index is -0.0755. The lowest BCUT2D eigenvalue weighted by Gasteiger charge is -2.10. The van der Waals surface area contributed by atoms with Gasteiger partial charge in [0.25, 0.3) is 5.91 Å². The molecule has 0 aliphatic heterocycles. The summed E-state index contributed by atoms with van der Waals surface area (Å²) in [6, 6.07) is 0. The molecule has 0 atom stereocenters. The van der Waals surface area contributed by atoms with Crippen LogP contribution in [-0.4, -0.2) is 40.1 Å². The molecule has 0 bridgehead atoms. The number of H-pyrrole nitrogens is 1. The van der Waals surface area contributed by atoms with E-state index in [2.05, 4.69) is 20.5 Å². The van der Waals surface area contributed by atoms with Crippen molar-refractivity contribution in [3.05, 3.63) is 27.3 Å². The molecule has 0 aliphatic carbocycles. The number of aryl methyl sites for hydroxylation is 2. The molecule has 7 heteroatoms. The van der Waals surface area contributed by atoms with Crippen LogP contribution in [0.25, 0.3) is 0 Å². The van der Waals surface area contributed by atoms with Crippen molar-refractivity contribution in [2.45, 2.75) is 20.4 Å². The number of thiazole rings is 1. The van der Waals surface area contributed by atoms with E-state index in [-0.39, 0.29) is 5.91 Å². The Hall–Kier alpha value is -1.89. The molecule has 0 radical (unpaired) electrons. The van der Waals surface area contributed by atoms with Gasteiger partial charge in [-0.2, -0.15) is 5.10 Å². The SMILES string of the molecule is Cc1nc(C)c(CNc2[nH]ncc2C(=O)N(C)C)s1. The summed E-state index contributed by atoms with van der Waals surface area (Å²) in [7, 11) is 3.44. The summed E-state index contributed by atoms with van der Waals surface area (Å²) in [5, 5.41) is 11.0. The van der Waals surface area contributed by atoms with Gasteiger partial charge in [-0.3, -0.25) is 9.89 Å². The van der Waals surface area contributed by atoms with E-state index in [1.807, 2.05) is 13.8 Å². The second-order valence-electron chi connectivity index (χ2n) is 4.45. The topological polar surface area (TPSA) is 73.9 Å². The number of rotatable bonds is 4. The fourth-order valence-corrected chi connectivity index (χ4v) is 2.61. The Morgan fingerprint density at radius 2 is 2.21 bits per heavy atom. The summed E-state index contributed by atoms with van der Waals surface area (Å²) in [4.78, 5) is 19.0. The van der Waals surface area contributed by atoms with Crippen molar-refractivity contribution in [3.63, 3.8) is 0 Å². The van der Waals surface area contributed by atoms with Crippen LogP contribution in [0, 0.1) is 13.8 Å². The molecule has 0 spiro atoms. The van der Waals surface area contributed by atoms with Gasteiger partial charge in [0.2, 0.25) is 0 Å². The smallest absolute Gasteiger partial charge is 0.258 e. The molecule has 2 N–H and O–H groups in total. The summed E-state index contributed by atoms with van der Waals surface area (Å²) in [6.45, 7) is 4.60. The predicted molar refractivity (Wildman–Crippen MR) is 75.5 cm³/mol. The quantitative estimate of drug-likeness (QED) is 0.895. The van der Waals surface area contributed by atoms with E-state index in [4.69, 9.17) is 0 Å². The molecular weight excluding hydrogens is 262 g/mol. The maximum Gasteiger partial charge on any atom is 0.258 e. The van der Waals surface area contributed by atoms with Gasteiger partial charge < -0.3 is 10.2 Å². The summed E-state index contributed by atoms with van der Waals surface area (Å²) in [6.07, 6.45) is 1.54. The van der Waals surface area contributed by atoms with Crippen LogP contribution in [0.15, 0.2) is 6.20 Å². The van der Waals surface area contributed by atoms with Crippen LogP contribution >= 0.6 is 11.3 Å². The molecule has 2 heterocycles. The zero-order chi connectivity index (χ0) is 14.0. The van der Waals surface area contributed by atoms with Crippen molar-refractivity contribution >= 4 is 23.1 Å². The number of amides is 1. The van der Waals surface area contributed by atoms with Gasteiger partial charge in [-0.1, -0.05) is 0 Å². The molecule has 6 nitrogen and oxygen atoms in total. The van der Waals surface area contributed by atoms with E-state index in [0.29, 0.717) is 17.9 Å². The molecule has 0 aliphatic rings. The third kappa shape index (κ3) is 2.93. The van der Waals surface area contributed by atoms with E-state index in [1.54, 1.807) is 25.4 Å². The first-order valence-corrected chi connectivity index (χ1v) is 6.72. The lowest BCUT2D eigenvalue weighted by molar-refractivity contribution is 0.0828. The number of hydrogen-bond acceptors (Lipinski definition) is 5. The van der Waals surface area contributed by atoms with Crippen LogP contribution in [0.4, 0.5) is 5.82 Å². The number of carbonyl (C=O) groups is 1. The Kier molecular flexibility index (Phi) is 3.84. The maximum atomic E-state index is 11.9. The van der Waals surface area contributed by atoms with Gasteiger partial charge in [0, 0.05) is 19.0 Å². The predicted octanol–water partition coefficient (Wildman–Crippen LogP) is 1.80. The fraction of sp³-hybridized carbons (Fsp3) is 0.417. The summed E-state index contributed by atoms with van der Waals surface area (Å²) in [5.74, 6) is 0.567. The number of carbonyl (C=O) groups excluding carboxylic acids is 1. The van der Waals surface area contributed by atoms with Crippen molar-refractivity contribution in [2.24, 2.45) is 0 Å². The molecule has 0 unspecified atom stereocenters. The zero-order valence-electron chi connectivity index (χ0n) is 11.4. The second kappa shape index (κ2) is 5.40. The normalized spacial score (nSPS) is 10.5. The monoisotopic (exact) mass is 279 g/mol. The van der Waals surface area contributed by atoms with E-state index >= 15 is 0 Å². The van der Waals surface area contributed by atoms with Crippen molar-refractivity contribution in [2.75, 3.05) is 19.4 Å². The van der Waals surface area contributed by atoms with Crippen molar-refractivity contribution in [1.29, 1.82) is 0 Å². The van der Waals surface area contributed by atoms with Crippen LogP contribution < -0.4 is 5.32 Å². The summed E-state index contributed by atoms with van der Waals surface area (Å²) >= 11 is 1.65. The van der Waals surface area contributed by atoms with Gasteiger partial charge in [-0.25, -0.2) is 4.98 Å². The van der Waals surface area contributed by atoms with Crippen molar-refractivity contribution < 1.29 is 4.79 Å². The lowest BCUT2D eigenvalue weighted by atomic mass is 10.3. The van der Waals surface area contributed by atoms with Crippen LogP contribution in [-0.2, 0) is 6.54 Å². The third-order valence-electron chi connectivity index (χ3n) is 2.70. The zero-order valence-corrected chi connectivity index (χ0v) is 12.3. The number of nitrogens with one attached hydrogen (secondary N) is 2. The highest BCUT2D eigenvalue weighted by Gasteiger charge is 2.15. The Balaban J connectivity index is 2.10. The number of aromatic nitrogens is 3. The highest BCUT2D eigenvalue weighted by Crippen LogP contribution is 2.20. The minimum Gasteiger partial charge on any atom is -0.365 e. The largest absolute Gasteiger partial charge is 0.365 e. The number of hydrogen-bond donors (Lipinski definition) is 2. The number of anilines is 1. The Bertz CT molecular complexity index is 587. The average Bonchev–Trinajstić information content (AvgIpc) is 2.92. The van der Waals surface area contributed by atoms with Gasteiger partial charge in [0.1, 0.15) is 11.4 Å². The molecule has 2 aromatic rings. The number of nitrogens with zero attached hydrogens (tertiary/aromatic N) is 3. The van der Waals surface area contributed by atoms with Crippen LogP contribution in [0.3, 0.4) is 0 Å². The van der Waals surface area contributed by atoms with Crippen LogP contribution in [0.5, 0.6) is 0 Å². The first-order chi connectivity index (χ1) is 8.99. The van der Waals surface area contributed by atoms with Gasteiger partial charge in [-0.15, -0.1) is 11.3 Å². The average molecular weight is 279 g/mol. The van der Waals surface area contributed by atoms with Crippen molar-refractivity contribution in [3.8, 4) is 0 Å². The van der Waals surface area contributed by atoms with Gasteiger partial charge >= 0.3 is 0 Å². The maximum absolute atomic E-state index is 11.9. The molecule has 0 aromatic carbocycles. The van der Waals surface area contributed by atoms with Crippen LogP contribution in [0.2, 0.25) is 0 Å². The van der Waals surface area contributed by atoms with Gasteiger partial charge in [0.05, 0.1) is 23.4 Å². The molecule has 2 aromatic heterocycles. The summed E-state index contributed by atoms with van der Waals surface area (Å²) in [5.41, 5.74) is 1.57. The van der Waals surface area contributed by atoms with E-state index in [0.717, 1.165) is 15.6 Å². The Morgan fingerprint density at radius 1 is 1.47 bits per heavy atom. The lowest BCUT2D eigenvalue weighted by Crippen LogP contribution is -2.22. The highest BCUT2D eigenvalue weighted by molar-refractivity contribution is 7.11. The molecule has 0 saturated carbocycles. The van der Waals surface area contributed by atoms with Crippen LogP contribution in [0.1, 0.15) is 25.9 Å². The van der Waals surface area contributed by atoms with E-state index < -0.39 is 0 Å². The highest BCUT2D eigenvalue weighted by atomic mass is 32.1. The molecule has 2 rings (SSSR count). The second-order valence-corrected chi connectivity index (χ2v) is 5.74. The molecule has 0 fully saturated rings. The van der Waals surface area contributed by atoms with Crippen molar-refractivity contribution in [1.82, 2.24) is 20.1 Å². The molecular formula is C12H17N5OS. The number of aromatic amines is 1. The molecule has 1 amide bonds. The Labute approximate surface area is 115 Å². The first kappa shape index (κ1) is 13.5. The fourth-order valence-electron chi connectivity index (χ4n) is 1.73. The standard InChI is InChI=1S/C12H17N5OS/c1-7-10(19-8(2)15-7)6-13-11-9(5-14-16-11)12(18)17(3)4/h5H,6H2,1-4H3,(H2,13,14,16). The Morgan fingerprint density at radius 3 is 2.79 bits per heavy atom. The van der Waals surface area contributed by atoms with E-state index in [1.165, 1.54) is 11.1 Å². The minimum absolute atomic E-state index is 0.0755.